The third-order valence-corrected chi connectivity index (χ3v) is 6.51. The van der Waals surface area contributed by atoms with Gasteiger partial charge in [-0.3, -0.25) is 9.59 Å². The molecule has 1 N–H and O–H groups in total. The normalized spacial score (nSPS) is 18.1. The second-order valence-electron chi connectivity index (χ2n) is 10.3. The highest BCUT2D eigenvalue weighted by atomic mass is 19.1. The fourth-order valence-electron chi connectivity index (χ4n) is 4.59. The number of carbonyl (C=O) groups excluding carboxylic acids is 2. The largest absolute Gasteiger partial charge is 0.378 e. The highest BCUT2D eigenvalue weighted by Crippen LogP contribution is 2.29. The number of amides is 2. The number of imidazole rings is 1. The van der Waals surface area contributed by atoms with Gasteiger partial charge in [0, 0.05) is 32.2 Å². The number of hydrogen-bond acceptors (Lipinski definition) is 5. The Labute approximate surface area is 204 Å². The predicted molar refractivity (Wildman–Crippen MR) is 127 cm³/mol. The van der Waals surface area contributed by atoms with Crippen LogP contribution in [-0.4, -0.2) is 77.1 Å². The van der Waals surface area contributed by atoms with Gasteiger partial charge in [0.1, 0.15) is 23.5 Å². The Hall–Kier alpha value is -2.85. The molecule has 2 aliphatic heterocycles. The van der Waals surface area contributed by atoms with Crippen molar-refractivity contribution < 1.29 is 23.1 Å². The van der Waals surface area contributed by atoms with Crippen LogP contribution in [0.2, 0.25) is 0 Å². The fourth-order valence-corrected chi connectivity index (χ4v) is 4.59. The lowest BCUT2D eigenvalue weighted by Crippen LogP contribution is -2.56. The van der Waals surface area contributed by atoms with Crippen LogP contribution in [0, 0.1) is 17.0 Å². The van der Waals surface area contributed by atoms with Crippen molar-refractivity contribution in [2.45, 2.75) is 46.3 Å². The second-order valence-corrected chi connectivity index (χ2v) is 10.3. The summed E-state index contributed by atoms with van der Waals surface area (Å²) < 4.78 is 35.5. The van der Waals surface area contributed by atoms with Crippen LogP contribution >= 0.6 is 0 Å². The van der Waals surface area contributed by atoms with E-state index in [1.54, 1.807) is 4.90 Å². The van der Waals surface area contributed by atoms with Crippen molar-refractivity contribution >= 4 is 11.8 Å². The number of rotatable bonds is 4. The van der Waals surface area contributed by atoms with Crippen molar-refractivity contribution in [3.63, 3.8) is 0 Å². The fraction of sp³-hybridized carbons (Fsp3) is 0.560. The van der Waals surface area contributed by atoms with Crippen molar-refractivity contribution in [3.05, 3.63) is 41.2 Å². The lowest BCUT2D eigenvalue weighted by molar-refractivity contribution is -0.139. The molecule has 35 heavy (non-hydrogen) atoms. The number of halogens is 2. The van der Waals surface area contributed by atoms with E-state index in [1.807, 2.05) is 32.4 Å². The van der Waals surface area contributed by atoms with Crippen molar-refractivity contribution in [3.8, 4) is 11.4 Å². The first kappa shape index (κ1) is 25.2. The number of morpholine rings is 1. The van der Waals surface area contributed by atoms with E-state index >= 15 is 0 Å². The van der Waals surface area contributed by atoms with Crippen LogP contribution in [0.3, 0.4) is 0 Å². The summed E-state index contributed by atoms with van der Waals surface area (Å²) in [6.45, 7) is 9.35. The van der Waals surface area contributed by atoms with Gasteiger partial charge in [0.05, 0.1) is 24.5 Å². The molecule has 0 bridgehead atoms. The van der Waals surface area contributed by atoms with Crippen LogP contribution in [0.4, 0.5) is 8.78 Å². The van der Waals surface area contributed by atoms with Gasteiger partial charge in [-0.05, 0) is 37.6 Å². The zero-order valence-electron chi connectivity index (χ0n) is 20.7. The Morgan fingerprint density at radius 3 is 2.49 bits per heavy atom. The molecule has 0 radical (unpaired) electrons. The second kappa shape index (κ2) is 10.0. The molecular weight excluding hydrogens is 456 g/mol. The molecule has 0 unspecified atom stereocenters. The molecule has 0 spiro atoms. The van der Waals surface area contributed by atoms with Crippen LogP contribution in [0.1, 0.15) is 43.4 Å². The summed E-state index contributed by atoms with van der Waals surface area (Å²) in [6.07, 6.45) is 0.789. The number of hydrogen-bond donors (Lipinski definition) is 1. The average molecular weight is 490 g/mol. The standard InChI is InChI=1S/C25H33F2N5O3/c1-25(2,3)21(24(34)31-10-12-35-13-11-31)29-23(33)20-19-15-30(4)8-5-9-32(19)22(28-20)17-7-6-16(26)14-18(17)27/h6-7,14,21H,5,8-13,15H2,1-4H3,(H,29,33)/t21-/m1/s1. The third kappa shape index (κ3) is 5.38. The summed E-state index contributed by atoms with van der Waals surface area (Å²) in [5, 5.41) is 2.93. The van der Waals surface area contributed by atoms with Gasteiger partial charge in [0.25, 0.3) is 5.91 Å². The molecular formula is C25H33F2N5O3. The minimum Gasteiger partial charge on any atom is -0.378 e. The van der Waals surface area contributed by atoms with E-state index in [0.717, 1.165) is 19.0 Å². The highest BCUT2D eigenvalue weighted by Gasteiger charge is 2.38. The summed E-state index contributed by atoms with van der Waals surface area (Å²) in [5.41, 5.74) is 0.381. The van der Waals surface area contributed by atoms with E-state index in [9.17, 15) is 18.4 Å². The van der Waals surface area contributed by atoms with Gasteiger partial charge in [0.2, 0.25) is 5.91 Å². The molecule has 1 aromatic carbocycles. The summed E-state index contributed by atoms with van der Waals surface area (Å²) in [6, 6.07) is 2.56. The van der Waals surface area contributed by atoms with E-state index in [0.29, 0.717) is 45.1 Å². The van der Waals surface area contributed by atoms with E-state index in [4.69, 9.17) is 4.74 Å². The molecule has 4 rings (SSSR count). The zero-order valence-corrected chi connectivity index (χ0v) is 20.7. The van der Waals surface area contributed by atoms with Gasteiger partial charge in [-0.25, -0.2) is 13.8 Å². The van der Waals surface area contributed by atoms with E-state index in [2.05, 4.69) is 15.2 Å². The molecule has 1 aromatic heterocycles. The number of nitrogens with zero attached hydrogens (tertiary/aromatic N) is 4. The Balaban J connectivity index is 1.71. The summed E-state index contributed by atoms with van der Waals surface area (Å²) in [7, 11) is 1.95. The first-order valence-electron chi connectivity index (χ1n) is 12.0. The Kier molecular flexibility index (Phi) is 7.23. The number of nitrogens with one attached hydrogen (secondary N) is 1. The summed E-state index contributed by atoms with van der Waals surface area (Å²) in [5.74, 6) is -1.79. The van der Waals surface area contributed by atoms with Crippen LogP contribution < -0.4 is 5.32 Å². The molecule has 10 heteroatoms. The number of fused-ring (bicyclic) bond motifs is 1. The molecule has 0 saturated carbocycles. The minimum atomic E-state index is -0.778. The molecule has 2 aromatic rings. The Morgan fingerprint density at radius 2 is 1.83 bits per heavy atom. The maximum Gasteiger partial charge on any atom is 0.272 e. The topological polar surface area (TPSA) is 79.7 Å². The van der Waals surface area contributed by atoms with Crippen LogP contribution in [-0.2, 0) is 22.6 Å². The molecule has 1 atom stereocenters. The molecule has 2 amide bonds. The first-order valence-corrected chi connectivity index (χ1v) is 12.0. The predicted octanol–water partition coefficient (Wildman–Crippen LogP) is 2.67. The SMILES string of the molecule is CN1CCCn2c(-c3ccc(F)cc3F)nc(C(=O)N[C@H](C(=O)N3CCOCC3)C(C)(C)C)c2C1. The van der Waals surface area contributed by atoms with Crippen molar-refractivity contribution in [2.24, 2.45) is 5.41 Å². The van der Waals surface area contributed by atoms with E-state index in [-0.39, 0.29) is 23.0 Å². The maximum atomic E-state index is 14.7. The van der Waals surface area contributed by atoms with E-state index in [1.165, 1.54) is 12.1 Å². The van der Waals surface area contributed by atoms with Crippen molar-refractivity contribution in [1.29, 1.82) is 0 Å². The zero-order chi connectivity index (χ0) is 25.3. The van der Waals surface area contributed by atoms with Gasteiger partial charge < -0.3 is 24.4 Å². The maximum absolute atomic E-state index is 14.7. The Morgan fingerprint density at radius 1 is 1.11 bits per heavy atom. The molecule has 1 saturated heterocycles. The summed E-state index contributed by atoms with van der Waals surface area (Å²) >= 11 is 0. The third-order valence-electron chi connectivity index (χ3n) is 6.51. The number of ether oxygens (including phenoxy) is 1. The van der Waals surface area contributed by atoms with Crippen LogP contribution in [0.5, 0.6) is 0 Å². The lowest BCUT2D eigenvalue weighted by atomic mass is 9.85. The van der Waals surface area contributed by atoms with Gasteiger partial charge in [-0.1, -0.05) is 20.8 Å². The number of carbonyl (C=O) groups is 2. The summed E-state index contributed by atoms with van der Waals surface area (Å²) in [4.78, 5) is 35.3. The first-order chi connectivity index (χ1) is 16.6. The van der Waals surface area contributed by atoms with Crippen molar-refractivity contribution in [1.82, 2.24) is 24.7 Å². The molecule has 0 aliphatic carbocycles. The molecule has 8 nitrogen and oxygen atoms in total. The van der Waals surface area contributed by atoms with Crippen LogP contribution in [0.15, 0.2) is 18.2 Å². The minimum absolute atomic E-state index is 0.132. The van der Waals surface area contributed by atoms with Gasteiger partial charge in [0.15, 0.2) is 5.69 Å². The Bertz CT molecular complexity index is 1110. The molecule has 1 fully saturated rings. The van der Waals surface area contributed by atoms with Crippen molar-refractivity contribution in [2.75, 3.05) is 39.9 Å². The average Bonchev–Trinajstić information content (AvgIpc) is 3.02. The monoisotopic (exact) mass is 489 g/mol. The van der Waals surface area contributed by atoms with Crippen LogP contribution in [0.25, 0.3) is 11.4 Å². The molecule has 190 valence electrons. The molecule has 3 heterocycles. The van der Waals surface area contributed by atoms with E-state index < -0.39 is 29.0 Å². The quantitative estimate of drug-likeness (QED) is 0.715. The number of aromatic nitrogens is 2. The number of benzene rings is 1. The smallest absolute Gasteiger partial charge is 0.272 e. The van der Waals surface area contributed by atoms with Gasteiger partial charge >= 0.3 is 0 Å². The van der Waals surface area contributed by atoms with Gasteiger partial charge in [-0.2, -0.15) is 0 Å². The lowest BCUT2D eigenvalue weighted by Gasteiger charge is -2.36. The van der Waals surface area contributed by atoms with Gasteiger partial charge in [-0.15, -0.1) is 0 Å². The molecule has 2 aliphatic rings. The highest BCUT2D eigenvalue weighted by molar-refractivity contribution is 5.98.